The number of benzene rings is 1. The molecule has 0 radical (unpaired) electrons. The Hall–Kier alpha value is -1.42. The summed E-state index contributed by atoms with van der Waals surface area (Å²) in [7, 11) is 0. The molecule has 5 heteroatoms. The highest BCUT2D eigenvalue weighted by Crippen LogP contribution is 2.32. The summed E-state index contributed by atoms with van der Waals surface area (Å²) in [5.74, 6) is 1.07. The van der Waals surface area contributed by atoms with Gasteiger partial charge in [-0.1, -0.05) is 36.2 Å². The van der Waals surface area contributed by atoms with Crippen LogP contribution in [0.2, 0.25) is 5.02 Å². The van der Waals surface area contributed by atoms with Crippen LogP contribution in [0.1, 0.15) is 38.2 Å². The lowest BCUT2D eigenvalue weighted by Crippen LogP contribution is -2.29. The number of rotatable bonds is 3. The first-order valence-corrected chi connectivity index (χ1v) is 6.94. The van der Waals surface area contributed by atoms with Gasteiger partial charge in [0.1, 0.15) is 11.9 Å². The lowest BCUT2D eigenvalue weighted by atomic mass is 9.88. The Bertz CT molecular complexity index is 477. The predicted octanol–water partition coefficient (Wildman–Crippen LogP) is 3.39. The Labute approximate surface area is 118 Å². The number of hydrogen-bond donors (Lipinski definition) is 2. The van der Waals surface area contributed by atoms with Gasteiger partial charge in [-0.15, -0.1) is 0 Å². The van der Waals surface area contributed by atoms with Crippen LogP contribution in [0.5, 0.6) is 5.75 Å². The van der Waals surface area contributed by atoms with Crippen molar-refractivity contribution in [2.45, 2.75) is 38.7 Å². The van der Waals surface area contributed by atoms with Crippen molar-refractivity contribution >= 4 is 17.4 Å². The SMILES string of the molecule is CC1CCCCC1Oc1cccc(Cl)c1C(N)=NO. The van der Waals surface area contributed by atoms with Crippen molar-refractivity contribution < 1.29 is 9.94 Å². The summed E-state index contributed by atoms with van der Waals surface area (Å²) >= 11 is 6.11. The van der Waals surface area contributed by atoms with E-state index in [-0.39, 0.29) is 11.9 Å². The maximum atomic E-state index is 8.84. The zero-order chi connectivity index (χ0) is 13.8. The van der Waals surface area contributed by atoms with Crippen LogP contribution in [0.25, 0.3) is 0 Å². The van der Waals surface area contributed by atoms with E-state index < -0.39 is 0 Å². The van der Waals surface area contributed by atoms with E-state index in [9.17, 15) is 0 Å². The van der Waals surface area contributed by atoms with Gasteiger partial charge in [0.25, 0.3) is 0 Å². The molecule has 0 aromatic heterocycles. The van der Waals surface area contributed by atoms with Gasteiger partial charge in [-0.05, 0) is 37.3 Å². The third-order valence-electron chi connectivity index (χ3n) is 3.65. The molecule has 1 aliphatic carbocycles. The molecule has 2 rings (SSSR count). The maximum Gasteiger partial charge on any atom is 0.175 e. The van der Waals surface area contributed by atoms with Crippen LogP contribution in [-0.4, -0.2) is 17.1 Å². The number of oxime groups is 1. The molecule has 3 N–H and O–H groups in total. The van der Waals surface area contributed by atoms with Crippen LogP contribution in [0, 0.1) is 5.92 Å². The van der Waals surface area contributed by atoms with E-state index in [0.717, 1.165) is 6.42 Å². The average molecular weight is 283 g/mol. The first-order chi connectivity index (χ1) is 9.13. The molecule has 4 nitrogen and oxygen atoms in total. The normalized spacial score (nSPS) is 24.2. The largest absolute Gasteiger partial charge is 0.489 e. The van der Waals surface area contributed by atoms with Gasteiger partial charge in [0.15, 0.2) is 5.84 Å². The van der Waals surface area contributed by atoms with Crippen molar-refractivity contribution in [3.05, 3.63) is 28.8 Å². The van der Waals surface area contributed by atoms with Crippen LogP contribution in [0.15, 0.2) is 23.4 Å². The molecule has 0 amide bonds. The zero-order valence-corrected chi connectivity index (χ0v) is 11.7. The van der Waals surface area contributed by atoms with Gasteiger partial charge >= 0.3 is 0 Å². The topological polar surface area (TPSA) is 67.8 Å². The van der Waals surface area contributed by atoms with E-state index in [1.807, 2.05) is 0 Å². The van der Waals surface area contributed by atoms with Gasteiger partial charge in [0.05, 0.1) is 10.6 Å². The van der Waals surface area contributed by atoms with Crippen LogP contribution in [-0.2, 0) is 0 Å². The van der Waals surface area contributed by atoms with Gasteiger partial charge in [0, 0.05) is 0 Å². The Morgan fingerprint density at radius 1 is 1.42 bits per heavy atom. The molecular formula is C14H19ClN2O2. The van der Waals surface area contributed by atoms with E-state index in [1.54, 1.807) is 18.2 Å². The number of hydrogen-bond acceptors (Lipinski definition) is 3. The van der Waals surface area contributed by atoms with Crippen molar-refractivity contribution in [3.63, 3.8) is 0 Å². The number of halogens is 1. The van der Waals surface area contributed by atoms with Crippen LogP contribution < -0.4 is 10.5 Å². The summed E-state index contributed by atoms with van der Waals surface area (Å²) < 4.78 is 6.05. The standard InChI is InChI=1S/C14H19ClN2O2/c1-9-5-2-3-7-11(9)19-12-8-4-6-10(15)13(12)14(16)17-18/h4,6,8-9,11,18H,2-3,5,7H2,1H3,(H2,16,17). The molecule has 19 heavy (non-hydrogen) atoms. The molecule has 0 saturated heterocycles. The quantitative estimate of drug-likeness (QED) is 0.386. The number of nitrogens with zero attached hydrogens (tertiary/aromatic N) is 1. The van der Waals surface area contributed by atoms with Crippen molar-refractivity contribution in [1.29, 1.82) is 0 Å². The molecule has 1 aliphatic rings. The first-order valence-electron chi connectivity index (χ1n) is 6.56. The van der Waals surface area contributed by atoms with Crippen LogP contribution in [0.4, 0.5) is 0 Å². The van der Waals surface area contributed by atoms with Gasteiger partial charge in [-0.25, -0.2) is 0 Å². The summed E-state index contributed by atoms with van der Waals surface area (Å²) in [5, 5.41) is 12.3. The fourth-order valence-electron chi connectivity index (χ4n) is 2.52. The van der Waals surface area contributed by atoms with Gasteiger partial charge < -0.3 is 15.7 Å². The highest BCUT2D eigenvalue weighted by atomic mass is 35.5. The molecule has 2 unspecified atom stereocenters. The first kappa shape index (κ1) is 14.0. The third kappa shape index (κ3) is 3.13. The summed E-state index contributed by atoms with van der Waals surface area (Å²) in [5.41, 5.74) is 6.13. The Morgan fingerprint density at radius 3 is 2.84 bits per heavy atom. The molecular weight excluding hydrogens is 264 g/mol. The zero-order valence-electron chi connectivity index (χ0n) is 11.0. The second-order valence-electron chi connectivity index (χ2n) is 5.02. The molecule has 1 fully saturated rings. The Morgan fingerprint density at radius 2 is 2.16 bits per heavy atom. The highest BCUT2D eigenvalue weighted by Gasteiger charge is 2.24. The number of nitrogens with two attached hydrogens (primary N) is 1. The van der Waals surface area contributed by atoms with E-state index >= 15 is 0 Å². The smallest absolute Gasteiger partial charge is 0.175 e. The molecule has 1 aromatic rings. The molecule has 0 bridgehead atoms. The van der Waals surface area contributed by atoms with Crippen molar-refractivity contribution in [1.82, 2.24) is 0 Å². The molecule has 1 saturated carbocycles. The Balaban J connectivity index is 2.27. The van der Waals surface area contributed by atoms with Crippen molar-refractivity contribution in [3.8, 4) is 5.75 Å². The van der Waals surface area contributed by atoms with Crippen molar-refractivity contribution in [2.75, 3.05) is 0 Å². The molecule has 0 heterocycles. The fourth-order valence-corrected chi connectivity index (χ4v) is 2.78. The lowest BCUT2D eigenvalue weighted by molar-refractivity contribution is 0.102. The van der Waals surface area contributed by atoms with Crippen LogP contribution in [0.3, 0.4) is 0 Å². The summed E-state index contributed by atoms with van der Waals surface area (Å²) in [6.45, 7) is 2.19. The predicted molar refractivity (Wildman–Crippen MR) is 76.0 cm³/mol. The molecule has 2 atom stereocenters. The minimum absolute atomic E-state index is 0.0240. The second kappa shape index (κ2) is 6.15. The van der Waals surface area contributed by atoms with Gasteiger partial charge in [-0.3, -0.25) is 0 Å². The van der Waals surface area contributed by atoms with Gasteiger partial charge in [-0.2, -0.15) is 0 Å². The van der Waals surface area contributed by atoms with E-state index in [2.05, 4.69) is 12.1 Å². The van der Waals surface area contributed by atoms with E-state index in [0.29, 0.717) is 22.3 Å². The highest BCUT2D eigenvalue weighted by molar-refractivity contribution is 6.34. The van der Waals surface area contributed by atoms with Crippen LogP contribution >= 0.6 is 11.6 Å². The summed E-state index contributed by atoms with van der Waals surface area (Å²) in [4.78, 5) is 0. The number of ether oxygens (including phenoxy) is 1. The van der Waals surface area contributed by atoms with Crippen molar-refractivity contribution in [2.24, 2.45) is 16.8 Å². The maximum absolute atomic E-state index is 8.84. The second-order valence-corrected chi connectivity index (χ2v) is 5.42. The summed E-state index contributed by atoms with van der Waals surface area (Å²) in [6.07, 6.45) is 4.79. The van der Waals surface area contributed by atoms with E-state index in [4.69, 9.17) is 27.3 Å². The molecule has 104 valence electrons. The molecule has 1 aromatic carbocycles. The summed E-state index contributed by atoms with van der Waals surface area (Å²) in [6, 6.07) is 5.31. The van der Waals surface area contributed by atoms with E-state index in [1.165, 1.54) is 19.3 Å². The minimum Gasteiger partial charge on any atom is -0.489 e. The monoisotopic (exact) mass is 282 g/mol. The molecule has 0 spiro atoms. The number of amidine groups is 1. The lowest BCUT2D eigenvalue weighted by Gasteiger charge is -2.30. The van der Waals surface area contributed by atoms with Gasteiger partial charge in [0.2, 0.25) is 0 Å². The average Bonchev–Trinajstić information content (AvgIpc) is 2.41. The minimum atomic E-state index is -0.0240. The third-order valence-corrected chi connectivity index (χ3v) is 3.97. The Kier molecular flexibility index (Phi) is 4.53. The molecule has 0 aliphatic heterocycles. The fraction of sp³-hybridized carbons (Fsp3) is 0.500.